The molecule has 0 saturated carbocycles. The van der Waals surface area contributed by atoms with E-state index < -0.39 is 5.92 Å². The van der Waals surface area contributed by atoms with Crippen LogP contribution < -0.4 is 0 Å². The van der Waals surface area contributed by atoms with Crippen molar-refractivity contribution in [3.05, 3.63) is 265 Å². The highest BCUT2D eigenvalue weighted by molar-refractivity contribution is 5.56. The fraction of sp³-hybridized carbons (Fsp3) is 0.129. The molecule has 0 spiro atoms. The van der Waals surface area contributed by atoms with Crippen LogP contribution in [0.2, 0.25) is 0 Å². The van der Waals surface area contributed by atoms with Gasteiger partial charge < -0.3 is 46.0 Å². The summed E-state index contributed by atoms with van der Waals surface area (Å²) in [6.07, 6.45) is 2.51. The molecule has 0 aromatic heterocycles. The van der Waals surface area contributed by atoms with E-state index in [1.165, 1.54) is 0 Å². The van der Waals surface area contributed by atoms with Crippen molar-refractivity contribution in [2.24, 2.45) is 0 Å². The second kappa shape index (κ2) is 20.8. The van der Waals surface area contributed by atoms with Gasteiger partial charge in [0.25, 0.3) is 0 Å². The zero-order valence-corrected chi connectivity index (χ0v) is 38.9. The van der Waals surface area contributed by atoms with Crippen molar-refractivity contribution in [2.45, 2.75) is 50.9 Å². The number of rotatable bonds is 16. The summed E-state index contributed by atoms with van der Waals surface area (Å²) in [4.78, 5) is 0. The highest BCUT2D eigenvalue weighted by atomic mass is 16.3. The van der Waals surface area contributed by atoms with Crippen LogP contribution in [0.15, 0.2) is 182 Å². The lowest BCUT2D eigenvalue weighted by Crippen LogP contribution is -2.10. The molecule has 71 heavy (non-hydrogen) atoms. The van der Waals surface area contributed by atoms with Gasteiger partial charge in [0.2, 0.25) is 0 Å². The van der Waals surface area contributed by atoms with Crippen LogP contribution in [0.5, 0.6) is 51.7 Å². The molecule has 0 aliphatic heterocycles. The molecule has 0 saturated heterocycles. The van der Waals surface area contributed by atoms with Crippen LogP contribution in [-0.4, -0.2) is 46.0 Å². The summed E-state index contributed by atoms with van der Waals surface area (Å²) in [6.45, 7) is 0. The largest absolute Gasteiger partial charge is 0.508 e. The first-order chi connectivity index (χ1) is 34.3. The second-order valence-electron chi connectivity index (χ2n) is 18.5. The fourth-order valence-corrected chi connectivity index (χ4v) is 9.40. The molecule has 9 rings (SSSR count). The summed E-state index contributed by atoms with van der Waals surface area (Å²) < 4.78 is 0. The first kappa shape index (κ1) is 47.3. The molecule has 0 amide bonds. The van der Waals surface area contributed by atoms with Gasteiger partial charge in [-0.2, -0.15) is 0 Å². The Morgan fingerprint density at radius 3 is 0.606 bits per heavy atom. The van der Waals surface area contributed by atoms with Gasteiger partial charge in [-0.15, -0.1) is 0 Å². The van der Waals surface area contributed by atoms with Crippen molar-refractivity contribution in [1.29, 1.82) is 0 Å². The second-order valence-corrected chi connectivity index (χ2v) is 18.5. The van der Waals surface area contributed by atoms with Crippen molar-refractivity contribution in [3.63, 3.8) is 0 Å². The van der Waals surface area contributed by atoms with Crippen LogP contribution in [0.25, 0.3) is 0 Å². The molecule has 0 heterocycles. The Hall–Kier alpha value is -8.82. The van der Waals surface area contributed by atoms with E-state index in [0.29, 0.717) is 78.3 Å². The predicted octanol–water partition coefficient (Wildman–Crippen LogP) is 12.0. The number of benzene rings is 9. The maximum atomic E-state index is 12.2. The van der Waals surface area contributed by atoms with Crippen LogP contribution in [0.1, 0.15) is 89.4 Å². The van der Waals surface area contributed by atoms with Gasteiger partial charge in [-0.3, -0.25) is 0 Å². The normalized spacial score (nSPS) is 11.3. The van der Waals surface area contributed by atoms with E-state index in [4.69, 9.17) is 0 Å². The average molecular weight is 943 g/mol. The van der Waals surface area contributed by atoms with Gasteiger partial charge in [-0.25, -0.2) is 0 Å². The third-order valence-corrected chi connectivity index (χ3v) is 13.1. The number of hydrogen-bond acceptors (Lipinski definition) is 9. The van der Waals surface area contributed by atoms with Gasteiger partial charge in [0.1, 0.15) is 51.7 Å². The molecule has 0 fully saturated rings. The van der Waals surface area contributed by atoms with Crippen LogP contribution >= 0.6 is 0 Å². The first-order valence-electron chi connectivity index (χ1n) is 23.5. The van der Waals surface area contributed by atoms with E-state index >= 15 is 0 Å². The molecule has 0 unspecified atom stereocenters. The van der Waals surface area contributed by atoms with Gasteiger partial charge in [-0.1, -0.05) is 109 Å². The summed E-state index contributed by atoms with van der Waals surface area (Å²) >= 11 is 0. The van der Waals surface area contributed by atoms with Crippen molar-refractivity contribution < 1.29 is 46.0 Å². The molecular formula is C62H54O9. The van der Waals surface area contributed by atoms with Gasteiger partial charge >= 0.3 is 0 Å². The smallest absolute Gasteiger partial charge is 0.122 e. The van der Waals surface area contributed by atoms with E-state index in [1.54, 1.807) is 72.8 Å². The van der Waals surface area contributed by atoms with Crippen molar-refractivity contribution >= 4 is 0 Å². The Morgan fingerprint density at radius 1 is 0.225 bits per heavy atom. The summed E-state index contributed by atoms with van der Waals surface area (Å²) in [5.41, 5.74) is 11.9. The monoisotopic (exact) mass is 942 g/mol. The quantitative estimate of drug-likeness (QED) is 0.0455. The van der Waals surface area contributed by atoms with Crippen LogP contribution in [0, 0.1) is 0 Å². The van der Waals surface area contributed by atoms with Crippen LogP contribution in [0.3, 0.4) is 0 Å². The molecule has 0 radical (unpaired) electrons. The minimum atomic E-state index is -0.432. The summed E-state index contributed by atoms with van der Waals surface area (Å²) in [7, 11) is 0. The Bertz CT molecular complexity index is 2920. The van der Waals surface area contributed by atoms with Gasteiger partial charge in [-0.05, 0) is 163 Å². The molecule has 356 valence electrons. The Morgan fingerprint density at radius 2 is 0.408 bits per heavy atom. The highest BCUT2D eigenvalue weighted by Gasteiger charge is 2.25. The number of aromatic hydroxyl groups is 9. The molecule has 9 heteroatoms. The molecule has 0 bridgehead atoms. The molecule has 0 atom stereocenters. The SMILES string of the molecule is Oc1ccc(Cc2cc(CC(c3cc(Cc4ccc(O)cc4)c(O)c(Cc4ccc(O)cc4)c3)c3cc(Cc4ccc(O)cc4)c(O)c(Cc4ccc(O)cc4)c3)cc(Cc3ccc(O)cc3)c2O)cc1. The molecular weight excluding hydrogens is 889 g/mol. The average Bonchev–Trinajstić information content (AvgIpc) is 3.36. The summed E-state index contributed by atoms with van der Waals surface area (Å²) in [5, 5.41) is 97.3. The van der Waals surface area contributed by atoms with Crippen molar-refractivity contribution in [3.8, 4) is 51.7 Å². The molecule has 9 aromatic carbocycles. The first-order valence-corrected chi connectivity index (χ1v) is 23.5. The third kappa shape index (κ3) is 11.7. The maximum absolute atomic E-state index is 12.2. The van der Waals surface area contributed by atoms with E-state index in [9.17, 15) is 46.0 Å². The number of phenolic OH excluding ortho intramolecular Hbond substituents is 9. The maximum Gasteiger partial charge on any atom is 0.122 e. The molecule has 9 N–H and O–H groups in total. The molecule has 9 aromatic rings. The highest BCUT2D eigenvalue weighted by Crippen LogP contribution is 2.41. The number of hydrogen-bond donors (Lipinski definition) is 9. The van der Waals surface area contributed by atoms with E-state index in [-0.39, 0.29) is 51.7 Å². The minimum absolute atomic E-state index is 0.123. The number of phenols is 9. The van der Waals surface area contributed by atoms with Gasteiger partial charge in [0.05, 0.1) is 0 Å². The zero-order valence-electron chi connectivity index (χ0n) is 38.9. The molecule has 0 aliphatic rings. The zero-order chi connectivity index (χ0) is 49.6. The molecule has 9 nitrogen and oxygen atoms in total. The fourth-order valence-electron chi connectivity index (χ4n) is 9.40. The topological polar surface area (TPSA) is 182 Å². The van der Waals surface area contributed by atoms with Crippen molar-refractivity contribution in [2.75, 3.05) is 0 Å². The van der Waals surface area contributed by atoms with Gasteiger partial charge in [0.15, 0.2) is 0 Å². The lowest BCUT2D eigenvalue weighted by Gasteiger charge is -2.25. The Kier molecular flexibility index (Phi) is 13.9. The third-order valence-electron chi connectivity index (χ3n) is 13.1. The van der Waals surface area contributed by atoms with E-state index in [1.807, 2.05) is 109 Å². The standard InChI is InChI=1S/C62H54O9/c63-53-13-1-38(2-14-53)25-47-31-44(32-48(60(47)69)26-39-3-15-54(64)16-4-39)33-59(45-34-49(27-40-5-17-55(65)18-6-40)61(70)50(35-45)28-41-7-19-56(66)20-8-41)46-36-51(29-42-9-21-57(67)22-10-42)62(71)52(37-46)30-43-11-23-58(68)24-12-43/h1-24,31-32,34-37,59,63-71H,25-30,33H2. The minimum Gasteiger partial charge on any atom is -0.508 e. The van der Waals surface area contributed by atoms with Crippen LogP contribution in [0.4, 0.5) is 0 Å². The Balaban J connectivity index is 1.26. The lowest BCUT2D eigenvalue weighted by molar-refractivity contribution is 0.461. The van der Waals surface area contributed by atoms with E-state index in [0.717, 1.165) is 50.1 Å². The predicted molar refractivity (Wildman–Crippen MR) is 275 cm³/mol. The van der Waals surface area contributed by atoms with Gasteiger partial charge in [0, 0.05) is 44.4 Å². The lowest BCUT2D eigenvalue weighted by atomic mass is 9.80. The summed E-state index contributed by atoms with van der Waals surface area (Å²) in [6, 6.07) is 53.5. The van der Waals surface area contributed by atoms with E-state index in [2.05, 4.69) is 0 Å². The van der Waals surface area contributed by atoms with Crippen LogP contribution in [-0.2, 0) is 44.9 Å². The van der Waals surface area contributed by atoms with Crippen molar-refractivity contribution in [1.82, 2.24) is 0 Å². The Labute approximate surface area is 412 Å². The summed E-state index contributed by atoms with van der Waals surface area (Å²) in [5.74, 6) is 0.726. The molecule has 0 aliphatic carbocycles.